The van der Waals surface area contributed by atoms with Crippen LogP contribution in [0.1, 0.15) is 36.5 Å². The first-order chi connectivity index (χ1) is 8.15. The van der Waals surface area contributed by atoms with Gasteiger partial charge in [0.25, 0.3) is 0 Å². The minimum atomic E-state index is 0.404. The van der Waals surface area contributed by atoms with E-state index in [9.17, 15) is 0 Å². The lowest BCUT2D eigenvalue weighted by atomic mass is 9.99. The number of terminal acetylenes is 1. The Kier molecular flexibility index (Phi) is 5.80. The molecule has 0 aliphatic rings. The SMILES string of the molecule is C#CCC(Cc1cc(C)cc(C)c1)NCCC. The van der Waals surface area contributed by atoms with Gasteiger partial charge in [0.2, 0.25) is 0 Å². The summed E-state index contributed by atoms with van der Waals surface area (Å²) in [6.45, 7) is 7.51. The van der Waals surface area contributed by atoms with Crippen LogP contribution in [-0.4, -0.2) is 12.6 Å². The smallest absolute Gasteiger partial charge is 0.0243 e. The highest BCUT2D eigenvalue weighted by Crippen LogP contribution is 2.12. The molecule has 1 N–H and O–H groups in total. The van der Waals surface area contributed by atoms with E-state index in [2.05, 4.69) is 50.2 Å². The molecule has 0 heterocycles. The van der Waals surface area contributed by atoms with Gasteiger partial charge in [-0.15, -0.1) is 12.3 Å². The summed E-state index contributed by atoms with van der Waals surface area (Å²) < 4.78 is 0. The first-order valence-corrected chi connectivity index (χ1v) is 6.39. The van der Waals surface area contributed by atoms with Crippen molar-refractivity contribution in [2.45, 2.75) is 46.1 Å². The molecule has 1 nitrogen and oxygen atoms in total. The molecule has 0 saturated carbocycles. The van der Waals surface area contributed by atoms with Gasteiger partial charge in [0.15, 0.2) is 0 Å². The number of aryl methyl sites for hydroxylation is 2. The molecular formula is C16H23N. The zero-order valence-corrected chi connectivity index (χ0v) is 11.2. The number of hydrogen-bond donors (Lipinski definition) is 1. The maximum Gasteiger partial charge on any atom is 0.0243 e. The first kappa shape index (κ1) is 13.8. The Bertz CT molecular complexity index is 367. The average Bonchev–Trinajstić information content (AvgIpc) is 2.24. The fourth-order valence-corrected chi connectivity index (χ4v) is 2.18. The van der Waals surface area contributed by atoms with E-state index in [0.29, 0.717) is 6.04 Å². The Morgan fingerprint density at radius 2 is 1.88 bits per heavy atom. The van der Waals surface area contributed by atoms with Crippen LogP contribution in [0.3, 0.4) is 0 Å². The van der Waals surface area contributed by atoms with E-state index < -0.39 is 0 Å². The highest BCUT2D eigenvalue weighted by atomic mass is 14.9. The number of rotatable bonds is 6. The number of nitrogens with one attached hydrogen (secondary N) is 1. The Labute approximate surface area is 106 Å². The van der Waals surface area contributed by atoms with Gasteiger partial charge in [-0.05, 0) is 38.8 Å². The highest BCUT2D eigenvalue weighted by Gasteiger charge is 2.07. The summed E-state index contributed by atoms with van der Waals surface area (Å²) in [5, 5.41) is 3.52. The van der Waals surface area contributed by atoms with E-state index in [0.717, 1.165) is 25.8 Å². The summed E-state index contributed by atoms with van der Waals surface area (Å²) in [4.78, 5) is 0. The van der Waals surface area contributed by atoms with Crippen LogP contribution < -0.4 is 5.32 Å². The first-order valence-electron chi connectivity index (χ1n) is 6.39. The topological polar surface area (TPSA) is 12.0 Å². The van der Waals surface area contributed by atoms with Gasteiger partial charge in [0.05, 0.1) is 0 Å². The predicted octanol–water partition coefficient (Wildman–Crippen LogP) is 3.24. The Balaban J connectivity index is 2.68. The van der Waals surface area contributed by atoms with Crippen LogP contribution in [0.2, 0.25) is 0 Å². The van der Waals surface area contributed by atoms with Crippen molar-refractivity contribution in [3.63, 3.8) is 0 Å². The standard InChI is InChI=1S/C16H23N/c1-5-7-16(17-8-6-2)12-15-10-13(3)9-14(4)11-15/h1,9-11,16-17H,6-8,12H2,2-4H3. The molecule has 1 atom stereocenters. The van der Waals surface area contributed by atoms with Gasteiger partial charge in [-0.1, -0.05) is 36.2 Å². The average molecular weight is 229 g/mol. The molecule has 0 radical (unpaired) electrons. The third kappa shape index (κ3) is 5.06. The molecule has 0 aliphatic carbocycles. The number of hydrogen-bond acceptors (Lipinski definition) is 1. The molecule has 1 aromatic carbocycles. The van der Waals surface area contributed by atoms with Crippen LogP contribution in [0.25, 0.3) is 0 Å². The zero-order valence-electron chi connectivity index (χ0n) is 11.2. The van der Waals surface area contributed by atoms with Crippen molar-refractivity contribution in [1.29, 1.82) is 0 Å². The van der Waals surface area contributed by atoms with Gasteiger partial charge in [-0.3, -0.25) is 0 Å². The van der Waals surface area contributed by atoms with Gasteiger partial charge in [-0.25, -0.2) is 0 Å². The summed E-state index contributed by atoms with van der Waals surface area (Å²) in [6, 6.07) is 7.12. The van der Waals surface area contributed by atoms with Crippen LogP contribution in [0, 0.1) is 26.2 Å². The fourth-order valence-electron chi connectivity index (χ4n) is 2.18. The maximum absolute atomic E-state index is 5.42. The van der Waals surface area contributed by atoms with Crippen LogP contribution in [0.15, 0.2) is 18.2 Å². The van der Waals surface area contributed by atoms with Crippen LogP contribution in [0.5, 0.6) is 0 Å². The molecule has 0 amide bonds. The van der Waals surface area contributed by atoms with Crippen molar-refractivity contribution in [2.24, 2.45) is 0 Å². The van der Waals surface area contributed by atoms with Crippen molar-refractivity contribution in [2.75, 3.05) is 6.54 Å². The van der Waals surface area contributed by atoms with Crippen LogP contribution >= 0.6 is 0 Å². The van der Waals surface area contributed by atoms with Crippen LogP contribution in [0.4, 0.5) is 0 Å². The third-order valence-corrected chi connectivity index (χ3v) is 2.81. The minimum absolute atomic E-state index is 0.404. The molecule has 92 valence electrons. The highest BCUT2D eigenvalue weighted by molar-refractivity contribution is 5.29. The summed E-state index contributed by atoms with van der Waals surface area (Å²) in [5.74, 6) is 2.76. The second kappa shape index (κ2) is 7.14. The lowest BCUT2D eigenvalue weighted by molar-refractivity contribution is 0.517. The molecule has 0 fully saturated rings. The third-order valence-electron chi connectivity index (χ3n) is 2.81. The lowest BCUT2D eigenvalue weighted by Gasteiger charge is -2.16. The molecule has 0 saturated heterocycles. The molecule has 0 spiro atoms. The van der Waals surface area contributed by atoms with E-state index in [4.69, 9.17) is 6.42 Å². The van der Waals surface area contributed by atoms with Gasteiger partial charge in [0, 0.05) is 12.5 Å². The predicted molar refractivity (Wildman–Crippen MR) is 75.2 cm³/mol. The van der Waals surface area contributed by atoms with Crippen molar-refractivity contribution in [3.8, 4) is 12.3 Å². The van der Waals surface area contributed by atoms with Crippen molar-refractivity contribution in [1.82, 2.24) is 5.32 Å². The zero-order chi connectivity index (χ0) is 12.7. The van der Waals surface area contributed by atoms with Crippen molar-refractivity contribution < 1.29 is 0 Å². The molecule has 0 aromatic heterocycles. The molecule has 1 rings (SSSR count). The summed E-state index contributed by atoms with van der Waals surface area (Å²) >= 11 is 0. The monoisotopic (exact) mass is 229 g/mol. The second-order valence-electron chi connectivity index (χ2n) is 4.76. The Morgan fingerprint density at radius 3 is 2.41 bits per heavy atom. The molecule has 17 heavy (non-hydrogen) atoms. The minimum Gasteiger partial charge on any atom is -0.313 e. The molecule has 1 aromatic rings. The van der Waals surface area contributed by atoms with Crippen LogP contribution in [-0.2, 0) is 6.42 Å². The van der Waals surface area contributed by atoms with Crippen molar-refractivity contribution >= 4 is 0 Å². The Hall–Kier alpha value is -1.26. The normalized spacial score (nSPS) is 12.1. The van der Waals surface area contributed by atoms with Gasteiger partial charge in [0.1, 0.15) is 0 Å². The van der Waals surface area contributed by atoms with E-state index in [1.807, 2.05) is 0 Å². The quantitative estimate of drug-likeness (QED) is 0.738. The van der Waals surface area contributed by atoms with E-state index in [-0.39, 0.29) is 0 Å². The summed E-state index contributed by atoms with van der Waals surface area (Å²) in [7, 11) is 0. The molecule has 1 heteroatoms. The van der Waals surface area contributed by atoms with Gasteiger partial charge >= 0.3 is 0 Å². The maximum atomic E-state index is 5.42. The van der Waals surface area contributed by atoms with E-state index >= 15 is 0 Å². The van der Waals surface area contributed by atoms with Gasteiger partial charge in [-0.2, -0.15) is 0 Å². The Morgan fingerprint density at radius 1 is 1.24 bits per heavy atom. The fraction of sp³-hybridized carbons (Fsp3) is 0.500. The summed E-state index contributed by atoms with van der Waals surface area (Å²) in [5.41, 5.74) is 4.04. The van der Waals surface area contributed by atoms with E-state index in [1.165, 1.54) is 16.7 Å². The molecular weight excluding hydrogens is 206 g/mol. The largest absolute Gasteiger partial charge is 0.313 e. The number of benzene rings is 1. The van der Waals surface area contributed by atoms with Crippen molar-refractivity contribution in [3.05, 3.63) is 34.9 Å². The molecule has 0 bridgehead atoms. The molecule has 1 unspecified atom stereocenters. The summed E-state index contributed by atoms with van der Waals surface area (Å²) in [6.07, 6.45) is 8.39. The van der Waals surface area contributed by atoms with Gasteiger partial charge < -0.3 is 5.32 Å². The second-order valence-corrected chi connectivity index (χ2v) is 4.76. The lowest BCUT2D eigenvalue weighted by Crippen LogP contribution is -2.31. The van der Waals surface area contributed by atoms with E-state index in [1.54, 1.807) is 0 Å². The molecule has 0 aliphatic heterocycles.